The van der Waals surface area contributed by atoms with Crippen LogP contribution in [-0.2, 0) is 17.6 Å². The Kier molecular flexibility index (Phi) is 6.75. The fourth-order valence-electron chi connectivity index (χ4n) is 2.54. The number of halogens is 2. The van der Waals surface area contributed by atoms with Crippen LogP contribution < -0.4 is 14.8 Å². The molecule has 0 bridgehead atoms. The summed E-state index contributed by atoms with van der Waals surface area (Å²) < 4.78 is 39.4. The molecule has 0 aliphatic heterocycles. The van der Waals surface area contributed by atoms with E-state index in [9.17, 15) is 18.4 Å². The minimum atomic E-state index is -2.98. The Labute approximate surface area is 153 Å². The van der Waals surface area contributed by atoms with E-state index >= 15 is 0 Å². The summed E-state index contributed by atoms with van der Waals surface area (Å²) in [7, 11) is 1.34. The Balaban J connectivity index is 2.01. The molecule has 0 unspecified atom stereocenters. The number of alkyl halides is 2. The number of nitrogens with one attached hydrogen (secondary N) is 1. The normalized spacial score (nSPS) is 10.7. The molecular weight excluding hydrogens is 364 g/mol. The van der Waals surface area contributed by atoms with E-state index in [0.717, 1.165) is 0 Å². The highest BCUT2D eigenvalue weighted by Gasteiger charge is 2.20. The Bertz CT molecular complexity index is 818. The van der Waals surface area contributed by atoms with E-state index in [4.69, 9.17) is 14.3 Å². The lowest BCUT2D eigenvalue weighted by molar-refractivity contribution is -0.136. The van der Waals surface area contributed by atoms with Crippen LogP contribution in [0.5, 0.6) is 11.5 Å². The second-order valence-electron chi connectivity index (χ2n) is 5.66. The summed E-state index contributed by atoms with van der Waals surface area (Å²) in [6, 6.07) is 4.58. The SMILES string of the molecule is COc1ccc(CCNC(=O)c2c(C)coc2CC(=O)O)cc1OC(F)F. The lowest BCUT2D eigenvalue weighted by atomic mass is 10.1. The smallest absolute Gasteiger partial charge is 0.387 e. The fraction of sp³-hybridized carbons (Fsp3) is 0.333. The fourth-order valence-corrected chi connectivity index (χ4v) is 2.54. The van der Waals surface area contributed by atoms with Crippen LogP contribution in [-0.4, -0.2) is 37.2 Å². The Morgan fingerprint density at radius 1 is 1.30 bits per heavy atom. The number of carbonyl (C=O) groups is 2. The molecule has 0 saturated heterocycles. The van der Waals surface area contributed by atoms with Gasteiger partial charge in [0.2, 0.25) is 0 Å². The molecule has 2 N–H and O–H groups in total. The molecule has 0 saturated carbocycles. The molecule has 1 aromatic heterocycles. The second kappa shape index (κ2) is 9.02. The molecule has 7 nitrogen and oxygen atoms in total. The Morgan fingerprint density at radius 3 is 2.67 bits per heavy atom. The molecule has 146 valence electrons. The summed E-state index contributed by atoms with van der Waals surface area (Å²) >= 11 is 0. The Hall–Kier alpha value is -3.10. The first-order valence-corrected chi connectivity index (χ1v) is 8.00. The molecule has 0 aliphatic carbocycles. The number of rotatable bonds is 9. The number of hydrogen-bond acceptors (Lipinski definition) is 5. The highest BCUT2D eigenvalue weighted by atomic mass is 19.3. The van der Waals surface area contributed by atoms with Crippen LogP contribution in [0.4, 0.5) is 8.78 Å². The number of aryl methyl sites for hydroxylation is 1. The second-order valence-corrected chi connectivity index (χ2v) is 5.66. The molecule has 0 fully saturated rings. The van der Waals surface area contributed by atoms with E-state index < -0.39 is 24.9 Å². The molecule has 2 rings (SSSR count). The summed E-state index contributed by atoms with van der Waals surface area (Å²) in [5, 5.41) is 11.5. The van der Waals surface area contributed by atoms with E-state index in [1.807, 2.05) is 0 Å². The third-order valence-corrected chi connectivity index (χ3v) is 3.73. The molecule has 0 radical (unpaired) electrons. The van der Waals surface area contributed by atoms with Crippen LogP contribution in [0.15, 0.2) is 28.9 Å². The molecule has 0 aliphatic rings. The van der Waals surface area contributed by atoms with Crippen molar-refractivity contribution < 1.29 is 37.4 Å². The number of aliphatic carboxylic acids is 1. The minimum Gasteiger partial charge on any atom is -0.493 e. The topological polar surface area (TPSA) is 98.0 Å². The summed E-state index contributed by atoms with van der Waals surface area (Å²) in [6.45, 7) is -1.14. The zero-order valence-electron chi connectivity index (χ0n) is 14.8. The highest BCUT2D eigenvalue weighted by molar-refractivity contribution is 5.97. The largest absolute Gasteiger partial charge is 0.493 e. The third-order valence-electron chi connectivity index (χ3n) is 3.73. The van der Waals surface area contributed by atoms with Gasteiger partial charge in [-0.05, 0) is 31.0 Å². The van der Waals surface area contributed by atoms with Crippen molar-refractivity contribution in [1.82, 2.24) is 5.32 Å². The zero-order chi connectivity index (χ0) is 20.0. The molecular formula is C18H19F2NO6. The number of carbonyl (C=O) groups excluding carboxylic acids is 1. The van der Waals surface area contributed by atoms with E-state index in [2.05, 4.69) is 10.1 Å². The zero-order valence-corrected chi connectivity index (χ0v) is 14.8. The predicted molar refractivity (Wildman–Crippen MR) is 90.4 cm³/mol. The number of furan rings is 1. The van der Waals surface area contributed by atoms with Crippen molar-refractivity contribution in [3.05, 3.63) is 46.9 Å². The van der Waals surface area contributed by atoms with Gasteiger partial charge in [0.25, 0.3) is 5.91 Å². The molecule has 0 spiro atoms. The summed E-state index contributed by atoms with van der Waals surface area (Å²) in [6.07, 6.45) is 1.27. The maximum atomic E-state index is 12.5. The van der Waals surface area contributed by atoms with Crippen LogP contribution in [0.25, 0.3) is 0 Å². The Morgan fingerprint density at radius 2 is 2.04 bits per heavy atom. The summed E-state index contributed by atoms with van der Waals surface area (Å²) in [4.78, 5) is 23.2. The van der Waals surface area contributed by atoms with Gasteiger partial charge in [-0.25, -0.2) is 0 Å². The molecule has 1 amide bonds. The van der Waals surface area contributed by atoms with Gasteiger partial charge in [0, 0.05) is 12.1 Å². The molecule has 2 aromatic rings. The number of amides is 1. The van der Waals surface area contributed by atoms with Crippen molar-refractivity contribution in [2.75, 3.05) is 13.7 Å². The van der Waals surface area contributed by atoms with Gasteiger partial charge >= 0.3 is 12.6 Å². The number of carboxylic acids is 1. The van der Waals surface area contributed by atoms with Crippen molar-refractivity contribution in [3.8, 4) is 11.5 Å². The lowest BCUT2D eigenvalue weighted by Gasteiger charge is -2.12. The summed E-state index contributed by atoms with van der Waals surface area (Å²) in [5.74, 6) is -1.41. The first kappa shape index (κ1) is 20.2. The number of ether oxygens (including phenoxy) is 2. The first-order chi connectivity index (χ1) is 12.8. The van der Waals surface area contributed by atoms with Gasteiger partial charge in [0.1, 0.15) is 12.2 Å². The molecule has 0 atom stereocenters. The van der Waals surface area contributed by atoms with Crippen molar-refractivity contribution >= 4 is 11.9 Å². The van der Waals surface area contributed by atoms with Crippen LogP contribution in [0, 0.1) is 6.92 Å². The quantitative estimate of drug-likeness (QED) is 0.691. The van der Waals surface area contributed by atoms with Crippen LogP contribution >= 0.6 is 0 Å². The van der Waals surface area contributed by atoms with Gasteiger partial charge in [0.05, 0.1) is 18.9 Å². The van der Waals surface area contributed by atoms with Gasteiger partial charge in [-0.15, -0.1) is 0 Å². The highest BCUT2D eigenvalue weighted by Crippen LogP contribution is 2.29. The molecule has 9 heteroatoms. The monoisotopic (exact) mass is 383 g/mol. The van der Waals surface area contributed by atoms with Gasteiger partial charge in [-0.1, -0.05) is 6.07 Å². The number of methoxy groups -OCH3 is 1. The average Bonchev–Trinajstić information content (AvgIpc) is 2.94. The average molecular weight is 383 g/mol. The summed E-state index contributed by atoms with van der Waals surface area (Å²) in [5.41, 5.74) is 1.37. The third kappa shape index (κ3) is 5.44. The van der Waals surface area contributed by atoms with Crippen LogP contribution in [0.1, 0.15) is 27.2 Å². The molecule has 27 heavy (non-hydrogen) atoms. The van der Waals surface area contributed by atoms with Gasteiger partial charge in [-0.2, -0.15) is 8.78 Å². The maximum Gasteiger partial charge on any atom is 0.387 e. The van der Waals surface area contributed by atoms with Crippen molar-refractivity contribution in [2.24, 2.45) is 0 Å². The lowest BCUT2D eigenvalue weighted by Crippen LogP contribution is -2.27. The van der Waals surface area contributed by atoms with E-state index in [-0.39, 0.29) is 29.4 Å². The number of carboxylic acid groups (broad SMARTS) is 1. The van der Waals surface area contributed by atoms with Gasteiger partial charge in [-0.3, -0.25) is 9.59 Å². The standard InChI is InChI=1S/C18H19F2NO6/c1-10-9-26-14(8-15(22)23)16(10)17(24)21-6-5-11-3-4-12(25-2)13(7-11)27-18(19)20/h3-4,7,9,18H,5-6,8H2,1-2H3,(H,21,24)(H,22,23). The number of benzene rings is 1. The number of hydrogen-bond donors (Lipinski definition) is 2. The van der Waals surface area contributed by atoms with Gasteiger partial charge < -0.3 is 24.3 Å². The maximum absolute atomic E-state index is 12.5. The van der Waals surface area contributed by atoms with Crippen molar-refractivity contribution in [3.63, 3.8) is 0 Å². The van der Waals surface area contributed by atoms with E-state index in [1.165, 1.54) is 25.5 Å². The van der Waals surface area contributed by atoms with Crippen molar-refractivity contribution in [1.29, 1.82) is 0 Å². The first-order valence-electron chi connectivity index (χ1n) is 8.00. The minimum absolute atomic E-state index is 0.0783. The molecule has 1 heterocycles. The predicted octanol–water partition coefficient (Wildman–Crippen LogP) is 2.80. The van der Waals surface area contributed by atoms with Crippen molar-refractivity contribution in [2.45, 2.75) is 26.4 Å². The van der Waals surface area contributed by atoms with Gasteiger partial charge in [0.15, 0.2) is 11.5 Å². The van der Waals surface area contributed by atoms with E-state index in [1.54, 1.807) is 13.0 Å². The molecule has 1 aromatic carbocycles. The van der Waals surface area contributed by atoms with Crippen LogP contribution in [0.2, 0.25) is 0 Å². The van der Waals surface area contributed by atoms with E-state index in [0.29, 0.717) is 17.5 Å². The van der Waals surface area contributed by atoms with Crippen LogP contribution in [0.3, 0.4) is 0 Å².